The Bertz CT molecular complexity index is 1800. The maximum atomic E-state index is 13.2. The van der Waals surface area contributed by atoms with E-state index in [1.807, 2.05) is 66.4 Å². The number of rotatable bonds is 8. The molecule has 0 aliphatic carbocycles. The van der Waals surface area contributed by atoms with Gasteiger partial charge in [-0.1, -0.05) is 43.3 Å². The number of ether oxygens (including phenoxy) is 1. The lowest BCUT2D eigenvalue weighted by Gasteiger charge is -2.40. The number of nitrogens with zero attached hydrogens (tertiary/aromatic N) is 5. The number of H-pyrrole nitrogens is 1. The number of anilines is 4. The fourth-order valence-corrected chi connectivity index (χ4v) is 5.29. The Morgan fingerprint density at radius 3 is 2.64 bits per heavy atom. The number of nitrogens with two attached hydrogens (primary N) is 1. The number of aromatic nitrogens is 4. The molecule has 4 N–H and O–H groups in total. The Kier molecular flexibility index (Phi) is 6.91. The number of methoxy groups -OCH3 is 1. The Morgan fingerprint density at radius 1 is 1.10 bits per heavy atom. The summed E-state index contributed by atoms with van der Waals surface area (Å²) in [6.07, 6.45) is 2.30. The first-order chi connectivity index (χ1) is 20.4. The molecule has 3 heterocycles. The third kappa shape index (κ3) is 4.74. The second-order valence-electron chi connectivity index (χ2n) is 10.0. The molecule has 0 saturated carbocycles. The van der Waals surface area contributed by atoms with Gasteiger partial charge in [0.25, 0.3) is 5.91 Å². The highest BCUT2D eigenvalue weighted by molar-refractivity contribution is 6.05. The normalized spacial score (nSPS) is 14.6. The van der Waals surface area contributed by atoms with Gasteiger partial charge in [-0.2, -0.15) is 4.98 Å². The van der Waals surface area contributed by atoms with Gasteiger partial charge in [0.2, 0.25) is 11.9 Å². The number of nitrogens with one attached hydrogen (secondary N) is 2. The molecule has 3 aromatic carbocycles. The molecule has 212 valence electrons. The topological polar surface area (TPSA) is 142 Å². The fraction of sp³-hybridized carbons (Fsp3) is 0.194. The van der Waals surface area contributed by atoms with Crippen LogP contribution in [0, 0.1) is 0 Å². The summed E-state index contributed by atoms with van der Waals surface area (Å²) in [6.45, 7) is 2.54. The van der Waals surface area contributed by atoms with Gasteiger partial charge in [0.15, 0.2) is 5.82 Å². The van der Waals surface area contributed by atoms with Crippen molar-refractivity contribution in [3.05, 3.63) is 84.1 Å². The van der Waals surface area contributed by atoms with Gasteiger partial charge in [-0.25, -0.2) is 9.97 Å². The summed E-state index contributed by atoms with van der Waals surface area (Å²) in [5.41, 5.74) is 10.2. The number of imidazole rings is 1. The molecule has 42 heavy (non-hydrogen) atoms. The van der Waals surface area contributed by atoms with Crippen LogP contribution in [-0.2, 0) is 11.3 Å². The number of fused-ring (bicyclic) bond motifs is 2. The lowest BCUT2D eigenvalue weighted by Crippen LogP contribution is -2.52. The maximum absolute atomic E-state index is 13.2. The minimum absolute atomic E-state index is 0.0102. The van der Waals surface area contributed by atoms with E-state index in [1.54, 1.807) is 37.4 Å². The number of carbonyl (C=O) groups is 2. The largest absolute Gasteiger partial charge is 0.495 e. The average molecular weight is 563 g/mol. The number of primary amides is 1. The molecule has 2 amide bonds. The molecule has 0 fully saturated rings. The lowest BCUT2D eigenvalue weighted by atomic mass is 10.1. The number of benzene rings is 3. The van der Waals surface area contributed by atoms with E-state index < -0.39 is 5.91 Å². The van der Waals surface area contributed by atoms with E-state index in [9.17, 15) is 9.59 Å². The number of carbonyl (C=O) groups excluding carboxylic acids is 2. The first kappa shape index (κ1) is 26.8. The first-order valence-corrected chi connectivity index (χ1v) is 13.6. The van der Waals surface area contributed by atoms with E-state index in [0.29, 0.717) is 64.3 Å². The summed E-state index contributed by atoms with van der Waals surface area (Å²) in [7, 11) is 3.34. The van der Waals surface area contributed by atoms with Crippen LogP contribution in [0.3, 0.4) is 0 Å². The molecule has 1 aliphatic heterocycles. The summed E-state index contributed by atoms with van der Waals surface area (Å²) < 4.78 is 5.70. The van der Waals surface area contributed by atoms with Crippen LogP contribution in [0.5, 0.6) is 5.75 Å². The molecule has 2 aromatic heterocycles. The van der Waals surface area contributed by atoms with Crippen LogP contribution in [-0.4, -0.2) is 51.9 Å². The van der Waals surface area contributed by atoms with Crippen molar-refractivity contribution in [2.75, 3.05) is 29.3 Å². The number of likely N-dealkylation sites (N-methyl/N-ethyl adjacent to an activating group) is 1. The van der Waals surface area contributed by atoms with E-state index in [2.05, 4.69) is 20.3 Å². The van der Waals surface area contributed by atoms with E-state index in [4.69, 9.17) is 15.5 Å². The molecular formula is C31H30N8O3. The Balaban J connectivity index is 1.33. The second kappa shape index (κ2) is 10.8. The van der Waals surface area contributed by atoms with Crippen LogP contribution < -0.4 is 25.6 Å². The average Bonchev–Trinajstić information content (AvgIpc) is 3.45. The number of para-hydroxylation sites is 1. The van der Waals surface area contributed by atoms with E-state index in [0.717, 1.165) is 11.1 Å². The summed E-state index contributed by atoms with van der Waals surface area (Å²) in [5.74, 6) is 1.63. The molecular weight excluding hydrogens is 532 g/mol. The molecule has 0 spiro atoms. The van der Waals surface area contributed by atoms with Gasteiger partial charge in [0, 0.05) is 19.2 Å². The van der Waals surface area contributed by atoms with Crippen molar-refractivity contribution in [3.8, 4) is 17.1 Å². The Labute approximate surface area is 242 Å². The van der Waals surface area contributed by atoms with Crippen LogP contribution in [0.2, 0.25) is 0 Å². The molecule has 1 aliphatic rings. The summed E-state index contributed by atoms with van der Waals surface area (Å²) in [5, 5.41) is 3.28. The van der Waals surface area contributed by atoms with Crippen molar-refractivity contribution in [3.63, 3.8) is 0 Å². The maximum Gasteiger partial charge on any atom is 0.250 e. The van der Waals surface area contributed by atoms with Gasteiger partial charge in [0.05, 0.1) is 30.1 Å². The highest BCUT2D eigenvalue weighted by atomic mass is 16.5. The smallest absolute Gasteiger partial charge is 0.250 e. The van der Waals surface area contributed by atoms with Crippen LogP contribution in [0.4, 0.5) is 23.1 Å². The molecule has 0 bridgehead atoms. The fourth-order valence-electron chi connectivity index (χ4n) is 5.29. The van der Waals surface area contributed by atoms with Crippen molar-refractivity contribution in [2.45, 2.75) is 25.9 Å². The van der Waals surface area contributed by atoms with E-state index in [1.165, 1.54) is 0 Å². The highest BCUT2D eigenvalue weighted by Crippen LogP contribution is 2.37. The van der Waals surface area contributed by atoms with Gasteiger partial charge in [0.1, 0.15) is 28.8 Å². The SMILES string of the molecule is CC[C@@H]1C(=O)N(C)c2cnc(Nc3ccc(-c4nc5c(C(N)=O)cccc5[nH]4)cc3OC)nc2N1Cc1ccccc1. The third-order valence-electron chi connectivity index (χ3n) is 7.46. The third-order valence-corrected chi connectivity index (χ3v) is 7.46. The van der Waals surface area contributed by atoms with Crippen molar-refractivity contribution in [1.29, 1.82) is 0 Å². The predicted molar refractivity (Wildman–Crippen MR) is 162 cm³/mol. The molecule has 6 rings (SSSR count). The number of amides is 2. The first-order valence-electron chi connectivity index (χ1n) is 13.6. The van der Waals surface area contributed by atoms with Gasteiger partial charge >= 0.3 is 0 Å². The zero-order chi connectivity index (χ0) is 29.4. The van der Waals surface area contributed by atoms with Crippen LogP contribution in [0.25, 0.3) is 22.4 Å². The number of hydrogen-bond donors (Lipinski definition) is 3. The second-order valence-corrected chi connectivity index (χ2v) is 10.0. The molecule has 0 radical (unpaired) electrons. The zero-order valence-corrected chi connectivity index (χ0v) is 23.5. The summed E-state index contributed by atoms with van der Waals surface area (Å²) in [6, 6.07) is 20.5. The molecule has 1 atom stereocenters. The van der Waals surface area contributed by atoms with Gasteiger partial charge in [-0.15, -0.1) is 0 Å². The zero-order valence-electron chi connectivity index (χ0n) is 23.5. The Hall–Kier alpha value is -5.45. The number of aromatic amines is 1. The highest BCUT2D eigenvalue weighted by Gasteiger charge is 2.37. The van der Waals surface area contributed by atoms with Gasteiger partial charge < -0.3 is 30.6 Å². The summed E-state index contributed by atoms with van der Waals surface area (Å²) >= 11 is 0. The number of hydrogen-bond acceptors (Lipinski definition) is 8. The predicted octanol–water partition coefficient (Wildman–Crippen LogP) is 4.63. The molecule has 11 heteroatoms. The van der Waals surface area contributed by atoms with Crippen LogP contribution in [0.15, 0.2) is 72.9 Å². The lowest BCUT2D eigenvalue weighted by molar-refractivity contribution is -0.120. The van der Waals surface area contributed by atoms with Gasteiger partial charge in [-0.3, -0.25) is 9.59 Å². The van der Waals surface area contributed by atoms with Crippen molar-refractivity contribution in [1.82, 2.24) is 19.9 Å². The monoisotopic (exact) mass is 562 g/mol. The minimum Gasteiger partial charge on any atom is -0.495 e. The Morgan fingerprint density at radius 2 is 1.90 bits per heavy atom. The van der Waals surface area contributed by atoms with Crippen LogP contribution >= 0.6 is 0 Å². The molecule has 0 saturated heterocycles. The molecule has 11 nitrogen and oxygen atoms in total. The summed E-state index contributed by atoms with van der Waals surface area (Å²) in [4.78, 5) is 46.0. The van der Waals surface area contributed by atoms with Crippen molar-refractivity contribution >= 4 is 46.0 Å². The van der Waals surface area contributed by atoms with Crippen molar-refractivity contribution in [2.24, 2.45) is 5.73 Å². The molecule has 5 aromatic rings. The van der Waals surface area contributed by atoms with E-state index >= 15 is 0 Å². The standard InChI is InChI=1S/C31H30N8O3/c1-4-23-30(41)38(2)24-16-33-31(37-29(24)39(23)17-18-9-6-5-7-10-18)35-21-14-13-19(15-25(21)42-3)28-34-22-12-8-11-20(27(32)40)26(22)36-28/h5-16,23H,4,17H2,1-3H3,(H2,32,40)(H,34,36)(H,33,35,37)/t23-/m1/s1. The minimum atomic E-state index is -0.538. The van der Waals surface area contributed by atoms with Crippen molar-refractivity contribution < 1.29 is 14.3 Å². The van der Waals surface area contributed by atoms with Gasteiger partial charge in [-0.05, 0) is 42.3 Å². The van der Waals surface area contributed by atoms with Crippen LogP contribution in [0.1, 0.15) is 29.3 Å². The van der Waals surface area contributed by atoms with E-state index in [-0.39, 0.29) is 11.9 Å². The molecule has 0 unspecified atom stereocenters. The quantitative estimate of drug-likeness (QED) is 0.248.